The zero-order chi connectivity index (χ0) is 12.3. The van der Waals surface area contributed by atoms with Gasteiger partial charge in [-0.25, -0.2) is 0 Å². The third-order valence-corrected chi connectivity index (χ3v) is 1.47. The molecule has 15 heavy (non-hydrogen) atoms. The Kier molecular flexibility index (Phi) is 4.51. The maximum absolute atomic E-state index is 12.3. The Morgan fingerprint density at radius 2 is 1.80 bits per heavy atom. The lowest BCUT2D eigenvalue weighted by Crippen LogP contribution is -2.44. The molecule has 0 aromatic carbocycles. The fourth-order valence-corrected chi connectivity index (χ4v) is 0.670. The highest BCUT2D eigenvalue weighted by atomic mass is 35.5. The van der Waals surface area contributed by atoms with Crippen LogP contribution in [0.25, 0.3) is 0 Å². The molecule has 0 N–H and O–H groups in total. The van der Waals surface area contributed by atoms with Gasteiger partial charge >= 0.3 is 12.1 Å². The first-order valence-corrected chi connectivity index (χ1v) is 3.99. The second-order valence-corrected chi connectivity index (χ2v) is 2.73. The molecule has 8 heteroatoms. The van der Waals surface area contributed by atoms with Gasteiger partial charge in [-0.15, -0.1) is 0 Å². The van der Waals surface area contributed by atoms with Gasteiger partial charge in [0.1, 0.15) is 11.3 Å². The highest BCUT2D eigenvalue weighted by Gasteiger charge is 2.63. The third kappa shape index (κ3) is 3.33. The van der Waals surface area contributed by atoms with Crippen LogP contribution in [0.15, 0.2) is 11.3 Å². The van der Waals surface area contributed by atoms with Gasteiger partial charge in [-0.3, -0.25) is 4.79 Å². The van der Waals surface area contributed by atoms with Crippen molar-refractivity contribution in [2.45, 2.75) is 19.0 Å². The predicted octanol–water partition coefficient (Wildman–Crippen LogP) is 2.87. The van der Waals surface area contributed by atoms with E-state index in [0.717, 1.165) is 0 Å². The summed E-state index contributed by atoms with van der Waals surface area (Å²) in [5.41, 5.74) is 0. The minimum atomic E-state index is -5.97. The molecule has 2 nitrogen and oxygen atoms in total. The summed E-state index contributed by atoms with van der Waals surface area (Å²) in [4.78, 5) is 10.6. The molecule has 0 saturated carbocycles. The Balaban J connectivity index is 4.86. The molecule has 0 fully saturated rings. The Morgan fingerprint density at radius 3 is 2.13 bits per heavy atom. The molecule has 0 unspecified atom stereocenters. The maximum Gasteiger partial charge on any atom is 0.461 e. The first-order chi connectivity index (χ1) is 6.64. The molecule has 0 aromatic heterocycles. The average molecular weight is 253 g/mol. The lowest BCUT2D eigenvalue weighted by atomic mass is 10.2. The van der Waals surface area contributed by atoms with Crippen molar-refractivity contribution in [3.63, 3.8) is 0 Å². The summed E-state index contributed by atoms with van der Waals surface area (Å²) in [5, 5.41) is -1.31. The van der Waals surface area contributed by atoms with Crippen molar-refractivity contribution in [1.82, 2.24) is 0 Å². The van der Waals surface area contributed by atoms with E-state index in [1.54, 1.807) is 0 Å². The Labute approximate surface area is 86.6 Å². The summed E-state index contributed by atoms with van der Waals surface area (Å²) >= 11 is 4.91. The fraction of sp³-hybridized carbons (Fsp3) is 0.571. The van der Waals surface area contributed by atoms with Crippen molar-refractivity contribution < 1.29 is 31.5 Å². The molecule has 0 amide bonds. The zero-order valence-corrected chi connectivity index (χ0v) is 8.12. The fourth-order valence-electron chi connectivity index (χ4n) is 0.489. The van der Waals surface area contributed by atoms with Crippen LogP contribution in [0.3, 0.4) is 0 Å². The molecule has 0 aliphatic heterocycles. The number of alkyl halides is 5. The normalized spacial score (nSPS) is 13.9. The summed E-state index contributed by atoms with van der Waals surface area (Å²) in [6, 6.07) is 0. The van der Waals surface area contributed by atoms with E-state index in [9.17, 15) is 26.7 Å². The Bertz CT molecular complexity index is 271. The smallest absolute Gasteiger partial charge is 0.461 e. The van der Waals surface area contributed by atoms with E-state index >= 15 is 0 Å². The number of carbonyl (C=O) groups is 1. The molecule has 0 bridgehead atoms. The van der Waals surface area contributed by atoms with Crippen molar-refractivity contribution in [3.05, 3.63) is 11.3 Å². The molecule has 0 saturated heterocycles. The number of ketones is 1. The molecule has 0 rings (SSSR count). The van der Waals surface area contributed by atoms with Crippen molar-refractivity contribution >= 4 is 17.4 Å². The summed E-state index contributed by atoms with van der Waals surface area (Å²) in [6.45, 7) is 1.42. The highest BCUT2D eigenvalue weighted by molar-refractivity contribution is 6.43. The molecular formula is C7H6ClF5O2. The quantitative estimate of drug-likeness (QED) is 0.437. The van der Waals surface area contributed by atoms with E-state index < -0.39 is 22.9 Å². The second kappa shape index (κ2) is 4.78. The molecule has 0 aliphatic rings. The topological polar surface area (TPSA) is 26.3 Å². The molecule has 0 atom stereocenters. The molecular weight excluding hydrogens is 247 g/mol. The van der Waals surface area contributed by atoms with Crippen LogP contribution in [0.4, 0.5) is 22.0 Å². The number of ether oxygens (including phenoxy) is 1. The molecule has 0 spiro atoms. The Hall–Kier alpha value is -0.850. The third-order valence-electron chi connectivity index (χ3n) is 1.21. The number of rotatable bonds is 4. The Morgan fingerprint density at radius 1 is 1.33 bits per heavy atom. The van der Waals surface area contributed by atoms with Crippen LogP contribution in [-0.2, 0) is 9.53 Å². The van der Waals surface area contributed by atoms with Gasteiger partial charge in [-0.1, -0.05) is 11.6 Å². The van der Waals surface area contributed by atoms with E-state index in [2.05, 4.69) is 4.74 Å². The van der Waals surface area contributed by atoms with E-state index in [-0.39, 0.29) is 6.61 Å². The number of allylic oxidation sites excluding steroid dienone is 1. The van der Waals surface area contributed by atoms with Crippen LogP contribution in [-0.4, -0.2) is 24.5 Å². The number of carbonyl (C=O) groups excluding carboxylic acids is 1. The lowest BCUT2D eigenvalue weighted by Gasteiger charge is -2.17. The summed E-state index contributed by atoms with van der Waals surface area (Å²) in [6.07, 6.45) is -5.62. The monoisotopic (exact) mass is 252 g/mol. The average Bonchev–Trinajstić information content (AvgIpc) is 2.10. The van der Waals surface area contributed by atoms with Gasteiger partial charge in [0, 0.05) is 0 Å². The first-order valence-electron chi connectivity index (χ1n) is 3.61. The SMILES string of the molecule is CCOC=C(Cl)C(=O)C(F)(F)C(F)(F)F. The van der Waals surface area contributed by atoms with Gasteiger partial charge in [0.05, 0.1) is 6.61 Å². The van der Waals surface area contributed by atoms with E-state index in [4.69, 9.17) is 11.6 Å². The number of hydrogen-bond acceptors (Lipinski definition) is 2. The van der Waals surface area contributed by atoms with Crippen molar-refractivity contribution in [2.24, 2.45) is 0 Å². The zero-order valence-electron chi connectivity index (χ0n) is 7.37. The van der Waals surface area contributed by atoms with Crippen LogP contribution < -0.4 is 0 Å². The molecule has 0 heterocycles. The van der Waals surface area contributed by atoms with Gasteiger partial charge in [0.2, 0.25) is 0 Å². The summed E-state index contributed by atoms with van der Waals surface area (Å²) < 4.78 is 64.0. The van der Waals surface area contributed by atoms with Crippen LogP contribution in [0.5, 0.6) is 0 Å². The largest absolute Gasteiger partial charge is 0.500 e. The molecule has 0 radical (unpaired) electrons. The number of halogens is 6. The molecule has 0 aromatic rings. The maximum atomic E-state index is 12.3. The van der Waals surface area contributed by atoms with Crippen LogP contribution in [0.1, 0.15) is 6.92 Å². The van der Waals surface area contributed by atoms with Crippen LogP contribution in [0, 0.1) is 0 Å². The van der Waals surface area contributed by atoms with E-state index in [1.807, 2.05) is 0 Å². The second-order valence-electron chi connectivity index (χ2n) is 2.32. The minimum absolute atomic E-state index is 0.0128. The van der Waals surface area contributed by atoms with Crippen molar-refractivity contribution in [2.75, 3.05) is 6.61 Å². The van der Waals surface area contributed by atoms with E-state index in [1.165, 1.54) is 6.92 Å². The van der Waals surface area contributed by atoms with Gasteiger partial charge in [0.15, 0.2) is 0 Å². The molecule has 0 aliphatic carbocycles. The van der Waals surface area contributed by atoms with Crippen LogP contribution >= 0.6 is 11.6 Å². The van der Waals surface area contributed by atoms with Gasteiger partial charge < -0.3 is 4.74 Å². The number of hydrogen-bond donors (Lipinski definition) is 0. The number of Topliss-reactive ketones (excluding diaryl/α,β-unsaturated/α-hetero) is 1. The summed E-state index contributed by atoms with van der Waals surface area (Å²) in [5.74, 6) is -8.04. The standard InChI is InChI=1S/C7H6ClF5O2/c1-2-15-3-4(8)5(14)6(9,10)7(11,12)13/h3H,2H2,1H3. The van der Waals surface area contributed by atoms with E-state index in [0.29, 0.717) is 6.26 Å². The lowest BCUT2D eigenvalue weighted by molar-refractivity contribution is -0.266. The summed E-state index contributed by atoms with van der Waals surface area (Å²) in [7, 11) is 0. The van der Waals surface area contributed by atoms with Crippen molar-refractivity contribution in [1.29, 1.82) is 0 Å². The molecule has 88 valence electrons. The van der Waals surface area contributed by atoms with Gasteiger partial charge in [0.25, 0.3) is 5.78 Å². The van der Waals surface area contributed by atoms with Crippen molar-refractivity contribution in [3.8, 4) is 0 Å². The first kappa shape index (κ1) is 14.2. The highest BCUT2D eigenvalue weighted by Crippen LogP contribution is 2.38. The van der Waals surface area contributed by atoms with Crippen LogP contribution in [0.2, 0.25) is 0 Å². The van der Waals surface area contributed by atoms with Gasteiger partial charge in [-0.2, -0.15) is 22.0 Å². The predicted molar refractivity (Wildman–Crippen MR) is 41.6 cm³/mol. The minimum Gasteiger partial charge on any atom is -0.500 e. The van der Waals surface area contributed by atoms with Gasteiger partial charge in [-0.05, 0) is 6.92 Å².